The molecule has 0 aliphatic rings. The van der Waals surface area contributed by atoms with Gasteiger partial charge in [0.25, 0.3) is 0 Å². The van der Waals surface area contributed by atoms with E-state index < -0.39 is 5.69 Å². The van der Waals surface area contributed by atoms with Gasteiger partial charge in [0.2, 0.25) is 23.7 Å². The van der Waals surface area contributed by atoms with Crippen molar-refractivity contribution in [2.24, 2.45) is 0 Å². The topological polar surface area (TPSA) is 142 Å². The number of aromatic hydroxyl groups is 1. The Morgan fingerprint density at radius 1 is 0.909 bits per heavy atom. The van der Waals surface area contributed by atoms with Gasteiger partial charge >= 0.3 is 5.69 Å². The first-order valence-corrected chi connectivity index (χ1v) is 10.2. The number of aryl methyl sites for hydroxylation is 1. The van der Waals surface area contributed by atoms with E-state index in [1.165, 1.54) is 11.8 Å². The van der Waals surface area contributed by atoms with Crippen molar-refractivity contribution in [3.63, 3.8) is 0 Å². The number of ether oxygens (including phenoxy) is 1. The Morgan fingerprint density at radius 2 is 1.45 bits per heavy atom. The van der Waals surface area contributed by atoms with Gasteiger partial charge in [-0.05, 0) is 30.2 Å². The molecule has 2 aromatic carbocycles. The number of nitrogens with one attached hydrogen (secondary N) is 4. The first kappa shape index (κ1) is 21.7. The van der Waals surface area contributed by atoms with Crippen LogP contribution < -0.4 is 26.5 Å². The lowest BCUT2D eigenvalue weighted by Crippen LogP contribution is -2.24. The van der Waals surface area contributed by atoms with Crippen LogP contribution in [0.2, 0.25) is 0 Å². The van der Waals surface area contributed by atoms with Crippen molar-refractivity contribution in [3.05, 3.63) is 81.9 Å². The standard InChI is InChI=1S/C22H24N8O3/c1-14-3-5-15(6-4-14)11-23-19-26-20(24-12-16-7-9-17(33-2)10-8-16)28-21(27-19)29-30-13-18(31)25-22(30)32/h3-10,13,31H,11-12H2,1-2H3,(H,25,32)(H3,23,24,26,27,28,29). The number of methoxy groups -OCH3 is 1. The number of aromatic amines is 1. The van der Waals surface area contributed by atoms with Crippen molar-refractivity contribution in [2.45, 2.75) is 20.0 Å². The van der Waals surface area contributed by atoms with E-state index in [1.807, 2.05) is 55.5 Å². The molecular weight excluding hydrogens is 424 g/mol. The van der Waals surface area contributed by atoms with E-state index in [0.717, 1.165) is 21.6 Å². The number of hydrogen-bond donors (Lipinski definition) is 5. The molecule has 11 heteroatoms. The third-order valence-electron chi connectivity index (χ3n) is 4.74. The molecule has 0 unspecified atom stereocenters. The molecule has 0 saturated carbocycles. The third kappa shape index (κ3) is 5.79. The number of nitrogens with zero attached hydrogens (tertiary/aromatic N) is 4. The first-order valence-electron chi connectivity index (χ1n) is 10.2. The summed E-state index contributed by atoms with van der Waals surface area (Å²) in [4.78, 5) is 27.2. The molecule has 0 amide bonds. The lowest BCUT2D eigenvalue weighted by molar-refractivity contribution is 0.414. The quantitative estimate of drug-likeness (QED) is 0.261. The van der Waals surface area contributed by atoms with Crippen LogP contribution in [0.1, 0.15) is 16.7 Å². The molecular formula is C22H24N8O3. The normalized spacial score (nSPS) is 10.6. The average molecular weight is 448 g/mol. The van der Waals surface area contributed by atoms with Gasteiger partial charge < -0.3 is 20.5 Å². The molecule has 2 aromatic heterocycles. The summed E-state index contributed by atoms with van der Waals surface area (Å²) >= 11 is 0. The highest BCUT2D eigenvalue weighted by Crippen LogP contribution is 2.15. The average Bonchev–Trinajstić information content (AvgIpc) is 3.14. The van der Waals surface area contributed by atoms with Crippen LogP contribution in [0, 0.1) is 6.92 Å². The molecule has 5 N–H and O–H groups in total. The fourth-order valence-corrected chi connectivity index (χ4v) is 2.97. The van der Waals surface area contributed by atoms with Crippen molar-refractivity contribution in [2.75, 3.05) is 23.2 Å². The van der Waals surface area contributed by atoms with Gasteiger partial charge in [0.05, 0.1) is 13.3 Å². The maximum absolute atomic E-state index is 11.9. The van der Waals surface area contributed by atoms with Crippen molar-refractivity contribution >= 4 is 17.8 Å². The summed E-state index contributed by atoms with van der Waals surface area (Å²) < 4.78 is 6.23. The second kappa shape index (κ2) is 9.73. The van der Waals surface area contributed by atoms with Crippen molar-refractivity contribution in [3.8, 4) is 11.6 Å². The zero-order chi connectivity index (χ0) is 23.2. The second-order valence-electron chi connectivity index (χ2n) is 7.27. The molecule has 11 nitrogen and oxygen atoms in total. The van der Waals surface area contributed by atoms with E-state index in [-0.39, 0.29) is 11.8 Å². The molecule has 4 rings (SSSR count). The number of benzene rings is 2. The van der Waals surface area contributed by atoms with Crippen molar-refractivity contribution < 1.29 is 9.84 Å². The van der Waals surface area contributed by atoms with Gasteiger partial charge in [0.15, 0.2) is 0 Å². The van der Waals surface area contributed by atoms with Crippen LogP contribution in [0.25, 0.3) is 0 Å². The number of rotatable bonds is 9. The van der Waals surface area contributed by atoms with Crippen LogP contribution in [0.4, 0.5) is 17.8 Å². The van der Waals surface area contributed by atoms with Crippen LogP contribution in [-0.2, 0) is 13.1 Å². The Morgan fingerprint density at radius 3 is 1.97 bits per heavy atom. The minimum absolute atomic E-state index is 0.120. The van der Waals surface area contributed by atoms with Crippen LogP contribution in [0.5, 0.6) is 11.6 Å². The molecule has 0 bridgehead atoms. The Balaban J connectivity index is 1.53. The van der Waals surface area contributed by atoms with Crippen LogP contribution in [-0.4, -0.2) is 36.8 Å². The molecule has 0 radical (unpaired) electrons. The molecule has 0 aliphatic carbocycles. The van der Waals surface area contributed by atoms with Gasteiger partial charge in [-0.15, -0.1) is 0 Å². The van der Waals surface area contributed by atoms with Gasteiger partial charge in [-0.25, -0.2) is 9.47 Å². The van der Waals surface area contributed by atoms with Gasteiger partial charge in [-0.2, -0.15) is 15.0 Å². The predicted molar refractivity (Wildman–Crippen MR) is 124 cm³/mol. The largest absolute Gasteiger partial charge is 0.497 e. The number of H-pyrrole nitrogens is 1. The van der Waals surface area contributed by atoms with E-state index >= 15 is 0 Å². The van der Waals surface area contributed by atoms with Crippen LogP contribution >= 0.6 is 0 Å². The Labute approximate surface area is 189 Å². The molecule has 0 fully saturated rings. The summed E-state index contributed by atoms with van der Waals surface area (Å²) in [5.41, 5.74) is 5.43. The Kier molecular flexibility index (Phi) is 6.39. The maximum atomic E-state index is 11.9. The summed E-state index contributed by atoms with van der Waals surface area (Å²) in [5.74, 6) is 1.24. The third-order valence-corrected chi connectivity index (χ3v) is 4.74. The highest BCUT2D eigenvalue weighted by atomic mass is 16.5. The summed E-state index contributed by atoms with van der Waals surface area (Å²) in [6, 6.07) is 15.7. The summed E-state index contributed by atoms with van der Waals surface area (Å²) in [6.07, 6.45) is 1.19. The van der Waals surface area contributed by atoms with Gasteiger partial charge in [0, 0.05) is 13.1 Å². The van der Waals surface area contributed by atoms with E-state index in [1.54, 1.807) is 7.11 Å². The maximum Gasteiger partial charge on any atom is 0.347 e. The van der Waals surface area contributed by atoms with Gasteiger partial charge in [-0.1, -0.05) is 42.0 Å². The Bertz CT molecular complexity index is 1270. The van der Waals surface area contributed by atoms with Crippen molar-refractivity contribution in [1.29, 1.82) is 0 Å². The second-order valence-corrected chi connectivity index (χ2v) is 7.27. The molecule has 0 saturated heterocycles. The van der Waals surface area contributed by atoms with Crippen LogP contribution in [0.3, 0.4) is 0 Å². The SMILES string of the molecule is COc1ccc(CNc2nc(NCc3ccc(C)cc3)nc(Nn3cc(O)[nH]c3=O)n2)cc1. The Hall–Kier alpha value is -4.54. The van der Waals surface area contributed by atoms with E-state index in [4.69, 9.17) is 4.74 Å². The molecule has 33 heavy (non-hydrogen) atoms. The van der Waals surface area contributed by atoms with E-state index in [2.05, 4.69) is 36.0 Å². The molecule has 2 heterocycles. The summed E-state index contributed by atoms with van der Waals surface area (Å²) in [5, 5.41) is 15.8. The highest BCUT2D eigenvalue weighted by molar-refractivity contribution is 5.43. The summed E-state index contributed by atoms with van der Waals surface area (Å²) in [7, 11) is 1.62. The number of aromatic nitrogens is 5. The monoisotopic (exact) mass is 448 g/mol. The van der Waals surface area contributed by atoms with E-state index in [9.17, 15) is 9.90 Å². The lowest BCUT2D eigenvalue weighted by atomic mass is 10.1. The number of anilines is 3. The van der Waals surface area contributed by atoms with Crippen molar-refractivity contribution in [1.82, 2.24) is 24.6 Å². The molecule has 0 atom stereocenters. The lowest BCUT2D eigenvalue weighted by Gasteiger charge is -2.12. The van der Waals surface area contributed by atoms with Gasteiger partial charge in [-0.3, -0.25) is 10.4 Å². The minimum Gasteiger partial charge on any atom is -0.497 e. The molecule has 0 spiro atoms. The van der Waals surface area contributed by atoms with Crippen LogP contribution in [0.15, 0.2) is 59.5 Å². The fraction of sp³-hybridized carbons (Fsp3) is 0.182. The number of hydrogen-bond acceptors (Lipinski definition) is 9. The van der Waals surface area contributed by atoms with Gasteiger partial charge in [0.1, 0.15) is 5.75 Å². The first-order chi connectivity index (χ1) is 16.0. The molecule has 170 valence electrons. The highest BCUT2D eigenvalue weighted by Gasteiger charge is 2.09. The molecule has 4 aromatic rings. The predicted octanol–water partition coefficient (Wildman–Crippen LogP) is 2.48. The fourth-order valence-electron chi connectivity index (χ4n) is 2.97. The smallest absolute Gasteiger partial charge is 0.347 e. The summed E-state index contributed by atoms with van der Waals surface area (Å²) in [6.45, 7) is 3.00. The number of imidazole rings is 1. The zero-order valence-electron chi connectivity index (χ0n) is 18.2. The zero-order valence-corrected chi connectivity index (χ0v) is 18.2. The van der Waals surface area contributed by atoms with E-state index in [0.29, 0.717) is 25.0 Å². The molecule has 0 aliphatic heterocycles. The minimum atomic E-state index is -0.560.